The smallest absolute Gasteiger partial charge is 0.246 e. The van der Waals surface area contributed by atoms with E-state index in [1.54, 1.807) is 11.0 Å². The Morgan fingerprint density at radius 3 is 2.62 bits per heavy atom. The van der Waals surface area contributed by atoms with E-state index in [1.165, 1.54) is 25.7 Å². The van der Waals surface area contributed by atoms with Crippen LogP contribution in [0.3, 0.4) is 0 Å². The molecule has 8 atom stereocenters. The molecule has 4 heterocycles. The molecule has 42 heavy (non-hydrogen) atoms. The standard InChI is InChI=1S/C33H45ClN4O4/c1-20-9-7-10-25(22(20)3)36-31(40)29-33-14-13-26(42-33)27(30(39)35-23-12-11-21(2)24(34)19-23)28(33)32(41)38(29)18-8-17-37-15-5-4-6-16-37/h11-14,19-20,22,25-29H,4-10,15-18H2,1-3H3,(H,35,39)(H,36,40)/t20-,22-,25-,26+,27-,28+,29+,33+/m1/s1. The predicted molar refractivity (Wildman–Crippen MR) is 163 cm³/mol. The largest absolute Gasteiger partial charge is 0.359 e. The second-order valence-electron chi connectivity index (χ2n) is 13.3. The minimum Gasteiger partial charge on any atom is -0.359 e. The third-order valence-electron chi connectivity index (χ3n) is 10.7. The second-order valence-corrected chi connectivity index (χ2v) is 13.7. The lowest BCUT2D eigenvalue weighted by Gasteiger charge is -2.38. The quantitative estimate of drug-likeness (QED) is 0.430. The summed E-state index contributed by atoms with van der Waals surface area (Å²) in [6.07, 6.45) is 10.9. The number of ether oxygens (including phenoxy) is 1. The number of hydrogen-bond acceptors (Lipinski definition) is 5. The van der Waals surface area contributed by atoms with E-state index in [9.17, 15) is 14.4 Å². The average Bonchev–Trinajstić information content (AvgIpc) is 3.61. The number of benzene rings is 1. The number of rotatable bonds is 8. The number of piperidine rings is 1. The molecule has 1 spiro atoms. The first-order chi connectivity index (χ1) is 20.2. The number of carbonyl (C=O) groups is 3. The minimum absolute atomic E-state index is 0.0648. The number of halogens is 1. The lowest BCUT2D eigenvalue weighted by Crippen LogP contribution is -2.58. The summed E-state index contributed by atoms with van der Waals surface area (Å²) >= 11 is 6.31. The summed E-state index contributed by atoms with van der Waals surface area (Å²) in [5.41, 5.74) is 0.351. The highest BCUT2D eigenvalue weighted by Gasteiger charge is 2.72. The summed E-state index contributed by atoms with van der Waals surface area (Å²) in [6, 6.07) is 4.66. The number of amides is 3. The molecular weight excluding hydrogens is 552 g/mol. The third kappa shape index (κ3) is 5.28. The van der Waals surface area contributed by atoms with Crippen LogP contribution in [0.1, 0.15) is 64.4 Å². The molecule has 0 radical (unpaired) electrons. The van der Waals surface area contributed by atoms with Crippen LogP contribution in [0, 0.1) is 30.6 Å². The first kappa shape index (κ1) is 29.6. The van der Waals surface area contributed by atoms with Gasteiger partial charge >= 0.3 is 0 Å². The number of likely N-dealkylation sites (tertiary alicyclic amines) is 2. The fourth-order valence-corrected chi connectivity index (χ4v) is 8.28. The van der Waals surface area contributed by atoms with Crippen molar-refractivity contribution in [1.29, 1.82) is 0 Å². The van der Waals surface area contributed by atoms with Crippen molar-refractivity contribution in [2.75, 3.05) is 31.5 Å². The van der Waals surface area contributed by atoms with Gasteiger partial charge in [0.2, 0.25) is 17.7 Å². The van der Waals surface area contributed by atoms with Gasteiger partial charge in [-0.05, 0) is 81.8 Å². The van der Waals surface area contributed by atoms with Crippen LogP contribution in [0.2, 0.25) is 5.02 Å². The van der Waals surface area contributed by atoms with Gasteiger partial charge in [-0.2, -0.15) is 0 Å². The van der Waals surface area contributed by atoms with Crippen molar-refractivity contribution in [3.8, 4) is 0 Å². The maximum Gasteiger partial charge on any atom is 0.246 e. The van der Waals surface area contributed by atoms with E-state index >= 15 is 0 Å². The molecule has 5 aliphatic rings. The minimum atomic E-state index is -1.15. The molecule has 3 amide bonds. The molecule has 8 nitrogen and oxygen atoms in total. The number of fused-ring (bicyclic) bond motifs is 1. The van der Waals surface area contributed by atoms with E-state index < -0.39 is 29.6 Å². The molecule has 4 aliphatic heterocycles. The summed E-state index contributed by atoms with van der Waals surface area (Å²) in [5, 5.41) is 6.88. The highest BCUT2D eigenvalue weighted by molar-refractivity contribution is 6.31. The number of carbonyl (C=O) groups excluding carboxylic acids is 3. The van der Waals surface area contributed by atoms with Gasteiger partial charge in [-0.15, -0.1) is 0 Å². The van der Waals surface area contributed by atoms with Gasteiger partial charge in [0.1, 0.15) is 11.6 Å². The third-order valence-corrected chi connectivity index (χ3v) is 11.1. The Labute approximate surface area is 254 Å². The molecule has 1 aromatic rings. The molecule has 3 saturated heterocycles. The highest BCUT2D eigenvalue weighted by atomic mass is 35.5. The summed E-state index contributed by atoms with van der Waals surface area (Å²) in [6.45, 7) is 9.89. The van der Waals surface area contributed by atoms with E-state index in [-0.39, 0.29) is 23.8 Å². The van der Waals surface area contributed by atoms with Crippen LogP contribution in [0.15, 0.2) is 30.4 Å². The second kappa shape index (κ2) is 11.9. The van der Waals surface area contributed by atoms with Gasteiger partial charge in [0, 0.05) is 23.3 Å². The molecule has 2 N–H and O–H groups in total. The molecule has 0 aromatic heterocycles. The van der Waals surface area contributed by atoms with Gasteiger partial charge in [-0.3, -0.25) is 14.4 Å². The van der Waals surface area contributed by atoms with Crippen molar-refractivity contribution in [3.63, 3.8) is 0 Å². The van der Waals surface area contributed by atoms with Crippen molar-refractivity contribution in [2.24, 2.45) is 23.7 Å². The SMILES string of the molecule is Cc1ccc(NC(=O)[C@@H]2[C@@H]3C=C[C@]4(O3)[C@@H]2C(=O)N(CCCN2CCCCC2)[C@H]4C(=O)N[C@@H]2CCC[C@@H](C)[C@H]2C)cc1Cl. The van der Waals surface area contributed by atoms with E-state index in [4.69, 9.17) is 16.3 Å². The van der Waals surface area contributed by atoms with Crippen molar-refractivity contribution >= 4 is 35.0 Å². The zero-order valence-corrected chi connectivity index (χ0v) is 25.9. The number of nitrogens with zero attached hydrogens (tertiary/aromatic N) is 2. The van der Waals surface area contributed by atoms with Gasteiger partial charge < -0.3 is 25.2 Å². The first-order valence-corrected chi connectivity index (χ1v) is 16.3. The zero-order chi connectivity index (χ0) is 29.6. The lowest BCUT2D eigenvalue weighted by molar-refractivity contribution is -0.141. The molecule has 2 bridgehead atoms. The van der Waals surface area contributed by atoms with Gasteiger partial charge in [0.05, 0.1) is 17.9 Å². The van der Waals surface area contributed by atoms with Gasteiger partial charge in [-0.25, -0.2) is 0 Å². The number of anilines is 1. The zero-order valence-electron chi connectivity index (χ0n) is 25.1. The van der Waals surface area contributed by atoms with Crippen LogP contribution >= 0.6 is 11.6 Å². The van der Waals surface area contributed by atoms with Crippen LogP contribution in [-0.4, -0.2) is 77.5 Å². The Bertz CT molecular complexity index is 1250. The Hall–Kier alpha value is -2.42. The Morgan fingerprint density at radius 1 is 1.07 bits per heavy atom. The van der Waals surface area contributed by atoms with Crippen LogP contribution < -0.4 is 10.6 Å². The van der Waals surface area contributed by atoms with Crippen LogP contribution in [-0.2, 0) is 19.1 Å². The van der Waals surface area contributed by atoms with E-state index in [2.05, 4.69) is 29.4 Å². The summed E-state index contributed by atoms with van der Waals surface area (Å²) in [4.78, 5) is 46.4. The molecule has 1 saturated carbocycles. The molecule has 4 fully saturated rings. The summed E-state index contributed by atoms with van der Waals surface area (Å²) < 4.78 is 6.53. The van der Waals surface area contributed by atoms with Crippen molar-refractivity contribution in [2.45, 2.75) is 89.5 Å². The normalized spacial score (nSPS) is 35.9. The van der Waals surface area contributed by atoms with Gasteiger partial charge in [-0.1, -0.05) is 62.9 Å². The van der Waals surface area contributed by atoms with E-state index in [0.717, 1.165) is 44.5 Å². The number of hydrogen-bond donors (Lipinski definition) is 2. The average molecular weight is 597 g/mol. The molecule has 0 unspecified atom stereocenters. The molecule has 1 aliphatic carbocycles. The summed E-state index contributed by atoms with van der Waals surface area (Å²) in [5.74, 6) is -1.19. The maximum absolute atomic E-state index is 14.3. The van der Waals surface area contributed by atoms with Crippen molar-refractivity contribution in [1.82, 2.24) is 15.1 Å². The van der Waals surface area contributed by atoms with E-state index in [1.807, 2.05) is 31.2 Å². The Morgan fingerprint density at radius 2 is 1.86 bits per heavy atom. The van der Waals surface area contributed by atoms with Crippen molar-refractivity contribution < 1.29 is 19.1 Å². The van der Waals surface area contributed by atoms with Crippen LogP contribution in [0.5, 0.6) is 0 Å². The predicted octanol–water partition coefficient (Wildman–Crippen LogP) is 4.55. The highest BCUT2D eigenvalue weighted by Crippen LogP contribution is 2.55. The summed E-state index contributed by atoms with van der Waals surface area (Å²) in [7, 11) is 0. The topological polar surface area (TPSA) is 91.0 Å². The van der Waals surface area contributed by atoms with Crippen LogP contribution in [0.25, 0.3) is 0 Å². The van der Waals surface area contributed by atoms with Gasteiger partial charge in [0.15, 0.2) is 0 Å². The fraction of sp³-hybridized carbons (Fsp3) is 0.667. The maximum atomic E-state index is 14.3. The fourth-order valence-electron chi connectivity index (χ4n) is 8.10. The molecular formula is C33H45ClN4O4. The molecule has 9 heteroatoms. The Balaban J connectivity index is 1.25. The number of aryl methyl sites for hydroxylation is 1. The van der Waals surface area contributed by atoms with Crippen LogP contribution in [0.4, 0.5) is 5.69 Å². The van der Waals surface area contributed by atoms with E-state index in [0.29, 0.717) is 29.1 Å². The number of nitrogens with one attached hydrogen (secondary N) is 2. The molecule has 6 rings (SSSR count). The monoisotopic (exact) mass is 596 g/mol. The molecule has 228 valence electrons. The first-order valence-electron chi connectivity index (χ1n) is 16.0. The van der Waals surface area contributed by atoms with Gasteiger partial charge in [0.25, 0.3) is 0 Å². The lowest BCUT2D eigenvalue weighted by atomic mass is 9.73. The van der Waals surface area contributed by atoms with Crippen molar-refractivity contribution in [3.05, 3.63) is 40.9 Å². The molecule has 1 aromatic carbocycles. The Kier molecular flexibility index (Phi) is 8.42.